The highest BCUT2D eigenvalue weighted by Gasteiger charge is 2.20. The Balaban J connectivity index is 1.64. The number of nitrogens with two attached hydrogens (primary N) is 1. The molecule has 0 saturated carbocycles. The van der Waals surface area contributed by atoms with Crippen LogP contribution in [0.2, 0.25) is 0 Å². The molecule has 0 aromatic carbocycles. The largest absolute Gasteiger partial charge is 0.495 e. The fourth-order valence-corrected chi connectivity index (χ4v) is 4.51. The van der Waals surface area contributed by atoms with Crippen LogP contribution in [0.1, 0.15) is 56.2 Å². The van der Waals surface area contributed by atoms with Gasteiger partial charge in [0.25, 0.3) is 0 Å². The number of piperidine rings is 1. The second-order valence-corrected chi connectivity index (χ2v) is 8.57. The number of methoxy groups -OCH3 is 1. The van der Waals surface area contributed by atoms with Crippen LogP contribution in [0.15, 0.2) is 18.5 Å². The smallest absolute Gasteiger partial charge is 0.222 e. The van der Waals surface area contributed by atoms with Crippen LogP contribution in [0, 0.1) is 0 Å². The number of aliphatic hydroxyl groups is 1. The lowest BCUT2D eigenvalue weighted by molar-refractivity contribution is 0.276. The van der Waals surface area contributed by atoms with Crippen LogP contribution < -0.4 is 21.1 Å². The Labute approximate surface area is 194 Å². The molecule has 0 amide bonds. The molecule has 2 atom stereocenters. The number of ether oxygens (including phenoxy) is 1. The van der Waals surface area contributed by atoms with E-state index in [0.717, 1.165) is 49.3 Å². The van der Waals surface area contributed by atoms with Crippen molar-refractivity contribution in [2.45, 2.75) is 57.5 Å². The molecule has 1 unspecified atom stereocenters. The van der Waals surface area contributed by atoms with E-state index in [1.807, 2.05) is 10.9 Å². The lowest BCUT2D eigenvalue weighted by Gasteiger charge is -2.23. The first-order valence-electron chi connectivity index (χ1n) is 11.7. The molecule has 0 aliphatic carbocycles. The maximum atomic E-state index is 9.45. The van der Waals surface area contributed by atoms with Crippen LogP contribution >= 0.6 is 0 Å². The number of pyridine rings is 1. The standard InChI is InChI=1S/C23H34N8O2/c1-3-5-17(7-9-32)28-22-21-18(29-23(24)30-22)13-27-31(21)14-19-20(33-2)10-16(12-26-19)15-6-4-8-25-11-15/h10,12-13,15,17,25,32H,3-9,11,14H2,1-2H3,(H3,24,28,29,30)/t15?,17-/m0/s1. The Morgan fingerprint density at radius 3 is 2.94 bits per heavy atom. The van der Waals surface area contributed by atoms with Gasteiger partial charge in [-0.3, -0.25) is 9.67 Å². The van der Waals surface area contributed by atoms with Gasteiger partial charge in [0.2, 0.25) is 5.95 Å². The fourth-order valence-electron chi connectivity index (χ4n) is 4.51. The van der Waals surface area contributed by atoms with E-state index in [1.165, 1.54) is 12.0 Å². The number of rotatable bonds is 10. The molecule has 5 N–H and O–H groups in total. The minimum Gasteiger partial charge on any atom is -0.495 e. The van der Waals surface area contributed by atoms with Crippen molar-refractivity contribution in [3.8, 4) is 5.75 Å². The summed E-state index contributed by atoms with van der Waals surface area (Å²) in [6.07, 6.45) is 8.49. The molecule has 1 aliphatic rings. The van der Waals surface area contributed by atoms with Gasteiger partial charge in [0.05, 0.1) is 19.9 Å². The number of fused-ring (bicyclic) bond motifs is 1. The molecule has 4 heterocycles. The summed E-state index contributed by atoms with van der Waals surface area (Å²) in [7, 11) is 1.67. The minimum atomic E-state index is 0.0805. The van der Waals surface area contributed by atoms with Crippen LogP contribution in [0.5, 0.6) is 5.75 Å². The molecular formula is C23H34N8O2. The van der Waals surface area contributed by atoms with Gasteiger partial charge >= 0.3 is 0 Å². The minimum absolute atomic E-state index is 0.0805. The molecule has 33 heavy (non-hydrogen) atoms. The van der Waals surface area contributed by atoms with Crippen molar-refractivity contribution in [3.63, 3.8) is 0 Å². The fraction of sp³-hybridized carbons (Fsp3) is 0.565. The first-order chi connectivity index (χ1) is 16.1. The van der Waals surface area contributed by atoms with Gasteiger partial charge in [-0.15, -0.1) is 0 Å². The van der Waals surface area contributed by atoms with Gasteiger partial charge in [-0.2, -0.15) is 10.1 Å². The normalized spacial score (nSPS) is 17.2. The summed E-state index contributed by atoms with van der Waals surface area (Å²) >= 11 is 0. The van der Waals surface area contributed by atoms with Crippen LogP contribution in [0.25, 0.3) is 11.0 Å². The Bertz CT molecular complexity index is 1060. The molecule has 10 nitrogen and oxygen atoms in total. The zero-order valence-corrected chi connectivity index (χ0v) is 19.4. The zero-order chi connectivity index (χ0) is 23.2. The highest BCUT2D eigenvalue weighted by atomic mass is 16.5. The number of nitrogen functional groups attached to an aromatic ring is 1. The molecule has 3 aromatic heterocycles. The van der Waals surface area contributed by atoms with Crippen LogP contribution in [-0.4, -0.2) is 62.7 Å². The average molecular weight is 455 g/mol. The second kappa shape index (κ2) is 10.8. The molecule has 3 aromatic rings. The van der Waals surface area contributed by atoms with E-state index >= 15 is 0 Å². The van der Waals surface area contributed by atoms with E-state index in [-0.39, 0.29) is 18.6 Å². The van der Waals surface area contributed by atoms with Crippen LogP contribution in [-0.2, 0) is 6.54 Å². The summed E-state index contributed by atoms with van der Waals surface area (Å²) in [5.41, 5.74) is 9.36. The van der Waals surface area contributed by atoms with Crippen molar-refractivity contribution >= 4 is 22.8 Å². The molecule has 0 radical (unpaired) electrons. The number of anilines is 2. The molecule has 1 aliphatic heterocycles. The van der Waals surface area contributed by atoms with Gasteiger partial charge in [-0.05, 0) is 49.8 Å². The highest BCUT2D eigenvalue weighted by molar-refractivity contribution is 5.86. The lowest BCUT2D eigenvalue weighted by atomic mass is 9.92. The van der Waals surface area contributed by atoms with Crippen molar-refractivity contribution < 1.29 is 9.84 Å². The van der Waals surface area contributed by atoms with E-state index in [0.29, 0.717) is 30.2 Å². The third-order valence-electron chi connectivity index (χ3n) is 6.20. The van der Waals surface area contributed by atoms with Crippen molar-refractivity contribution in [1.82, 2.24) is 30.0 Å². The molecular weight excluding hydrogens is 420 g/mol. The summed E-state index contributed by atoms with van der Waals surface area (Å²) in [4.78, 5) is 13.5. The predicted octanol–water partition coefficient (Wildman–Crippen LogP) is 2.29. The van der Waals surface area contributed by atoms with E-state index in [4.69, 9.17) is 15.5 Å². The molecule has 4 rings (SSSR count). The summed E-state index contributed by atoms with van der Waals surface area (Å²) in [6, 6.07) is 2.18. The van der Waals surface area contributed by atoms with Gasteiger partial charge in [0, 0.05) is 25.4 Å². The quantitative estimate of drug-likeness (QED) is 0.364. The first kappa shape index (κ1) is 23.2. The van der Waals surface area contributed by atoms with Gasteiger partial charge in [0.15, 0.2) is 5.82 Å². The Morgan fingerprint density at radius 1 is 1.33 bits per heavy atom. The monoisotopic (exact) mass is 454 g/mol. The summed E-state index contributed by atoms with van der Waals surface area (Å²) in [6.45, 7) is 4.67. The Morgan fingerprint density at radius 2 is 2.21 bits per heavy atom. The Hall–Kier alpha value is -2.98. The average Bonchev–Trinajstić information content (AvgIpc) is 3.22. The molecule has 1 saturated heterocycles. The molecule has 1 fully saturated rings. The number of hydrogen-bond acceptors (Lipinski definition) is 9. The van der Waals surface area contributed by atoms with Crippen LogP contribution in [0.3, 0.4) is 0 Å². The van der Waals surface area contributed by atoms with E-state index in [1.54, 1.807) is 13.3 Å². The topological polar surface area (TPSA) is 136 Å². The molecule has 178 valence electrons. The Kier molecular flexibility index (Phi) is 7.56. The lowest BCUT2D eigenvalue weighted by Crippen LogP contribution is -2.28. The van der Waals surface area contributed by atoms with Crippen LogP contribution in [0.4, 0.5) is 11.8 Å². The number of hydrogen-bond donors (Lipinski definition) is 4. The maximum absolute atomic E-state index is 9.45. The van der Waals surface area contributed by atoms with Crippen molar-refractivity contribution in [3.05, 3.63) is 29.7 Å². The molecule has 0 bridgehead atoms. The summed E-state index contributed by atoms with van der Waals surface area (Å²) in [5, 5.41) is 20.9. The summed E-state index contributed by atoms with van der Waals surface area (Å²) < 4.78 is 7.52. The predicted molar refractivity (Wildman–Crippen MR) is 128 cm³/mol. The number of nitrogens with zero attached hydrogens (tertiary/aromatic N) is 5. The van der Waals surface area contributed by atoms with Gasteiger partial charge in [-0.1, -0.05) is 13.3 Å². The van der Waals surface area contributed by atoms with Gasteiger partial charge in [-0.25, -0.2) is 4.98 Å². The second-order valence-electron chi connectivity index (χ2n) is 8.57. The maximum Gasteiger partial charge on any atom is 0.222 e. The third-order valence-corrected chi connectivity index (χ3v) is 6.20. The van der Waals surface area contributed by atoms with Crippen molar-refractivity contribution in [1.29, 1.82) is 0 Å². The molecule has 0 spiro atoms. The number of aromatic nitrogens is 5. The van der Waals surface area contributed by atoms with Gasteiger partial charge in [0.1, 0.15) is 22.5 Å². The van der Waals surface area contributed by atoms with Crippen molar-refractivity contribution in [2.24, 2.45) is 0 Å². The SMILES string of the molecule is CCC[C@@H](CCO)Nc1nc(N)nc2cnn(Cc3ncc(C4CCCNC4)cc3OC)c12. The summed E-state index contributed by atoms with van der Waals surface area (Å²) in [5.74, 6) is 2.00. The highest BCUT2D eigenvalue weighted by Crippen LogP contribution is 2.29. The van der Waals surface area contributed by atoms with E-state index in [2.05, 4.69) is 38.7 Å². The first-order valence-corrected chi connectivity index (χ1v) is 11.7. The van der Waals surface area contributed by atoms with Gasteiger partial charge < -0.3 is 26.2 Å². The number of nitrogens with one attached hydrogen (secondary N) is 2. The number of aliphatic hydroxyl groups excluding tert-OH is 1. The molecule has 10 heteroatoms. The third kappa shape index (κ3) is 5.33. The zero-order valence-electron chi connectivity index (χ0n) is 19.4. The van der Waals surface area contributed by atoms with E-state index < -0.39 is 0 Å². The van der Waals surface area contributed by atoms with Crippen molar-refractivity contribution in [2.75, 3.05) is 37.9 Å². The van der Waals surface area contributed by atoms with E-state index in [9.17, 15) is 5.11 Å².